The third-order valence-corrected chi connectivity index (χ3v) is 2.79. The van der Waals surface area contributed by atoms with E-state index < -0.39 is 0 Å². The number of thioether (sulfide) groups is 1. The molecule has 1 fully saturated rings. The zero-order valence-electron chi connectivity index (χ0n) is 6.03. The molecule has 2 aliphatic heterocycles. The van der Waals surface area contributed by atoms with Crippen molar-refractivity contribution in [2.75, 3.05) is 18.8 Å². The summed E-state index contributed by atoms with van der Waals surface area (Å²) in [5.41, 5.74) is 0. The zero-order valence-corrected chi connectivity index (χ0v) is 6.84. The largest absolute Gasteiger partial charge is 0.409 e. The Kier molecular flexibility index (Phi) is 1.73. The Morgan fingerprint density at radius 2 is 2.55 bits per heavy atom. The smallest absolute Gasteiger partial charge is 0.165 e. The van der Waals surface area contributed by atoms with E-state index in [0.29, 0.717) is 0 Å². The molecule has 0 saturated carbocycles. The molecule has 0 aliphatic carbocycles. The molecule has 0 aromatic rings. The van der Waals surface area contributed by atoms with Crippen LogP contribution in [0.3, 0.4) is 0 Å². The fourth-order valence-electron chi connectivity index (χ4n) is 1.24. The maximum Gasteiger partial charge on any atom is 0.165 e. The molecule has 0 radical (unpaired) electrons. The molecule has 0 bridgehead atoms. The molecule has 0 spiro atoms. The van der Waals surface area contributed by atoms with Crippen LogP contribution >= 0.6 is 11.8 Å². The predicted molar refractivity (Wildman–Crippen MR) is 45.3 cm³/mol. The van der Waals surface area contributed by atoms with E-state index in [0.717, 1.165) is 36.3 Å². The summed E-state index contributed by atoms with van der Waals surface area (Å²) in [5.74, 6) is 1.50. The average molecular weight is 171 g/mol. The number of hydrogen-bond donors (Lipinski definition) is 1. The number of aliphatic imine (C=N–C) groups is 1. The molecule has 1 N–H and O–H groups in total. The number of rotatable bonds is 0. The number of fused-ring (bicyclic) bond motifs is 1. The van der Waals surface area contributed by atoms with Crippen molar-refractivity contribution in [3.63, 3.8) is 0 Å². The van der Waals surface area contributed by atoms with Gasteiger partial charge in [0.25, 0.3) is 0 Å². The summed E-state index contributed by atoms with van der Waals surface area (Å²) in [7, 11) is 0. The van der Waals surface area contributed by atoms with Gasteiger partial charge in [0.05, 0.1) is 5.75 Å². The molecule has 0 aromatic heterocycles. The minimum absolute atomic E-state index is 0.744. The molecule has 0 unspecified atom stereocenters. The monoisotopic (exact) mass is 171 g/mol. The summed E-state index contributed by atoms with van der Waals surface area (Å²) in [6.45, 7) is 1.86. The Balaban J connectivity index is 2.24. The summed E-state index contributed by atoms with van der Waals surface area (Å²) in [6.07, 6.45) is 1.06. The quantitative estimate of drug-likeness (QED) is 0.428. The molecule has 2 aliphatic rings. The van der Waals surface area contributed by atoms with Crippen LogP contribution in [0.1, 0.15) is 6.42 Å². The van der Waals surface area contributed by atoms with Crippen LogP contribution in [0.2, 0.25) is 0 Å². The van der Waals surface area contributed by atoms with Crippen molar-refractivity contribution in [2.24, 2.45) is 10.1 Å². The first kappa shape index (κ1) is 6.97. The second kappa shape index (κ2) is 2.73. The van der Waals surface area contributed by atoms with Crippen molar-refractivity contribution in [1.29, 1.82) is 0 Å². The highest BCUT2D eigenvalue weighted by Gasteiger charge is 2.27. The van der Waals surface area contributed by atoms with Gasteiger partial charge in [-0.3, -0.25) is 4.99 Å². The SMILES string of the molecule is ON=C1CSC2=NCCCN12. The topological polar surface area (TPSA) is 48.2 Å². The van der Waals surface area contributed by atoms with Gasteiger partial charge < -0.3 is 10.1 Å². The molecule has 0 atom stereocenters. The molecule has 0 aromatic carbocycles. The van der Waals surface area contributed by atoms with Crippen molar-refractivity contribution in [3.8, 4) is 0 Å². The Labute approximate surface area is 69.0 Å². The van der Waals surface area contributed by atoms with Gasteiger partial charge in [-0.25, -0.2) is 0 Å². The summed E-state index contributed by atoms with van der Waals surface area (Å²) in [4.78, 5) is 6.28. The van der Waals surface area contributed by atoms with E-state index in [2.05, 4.69) is 10.1 Å². The lowest BCUT2D eigenvalue weighted by atomic mass is 10.3. The highest BCUT2D eigenvalue weighted by Crippen LogP contribution is 2.22. The maximum atomic E-state index is 8.58. The molecule has 60 valence electrons. The summed E-state index contributed by atoms with van der Waals surface area (Å²) < 4.78 is 0. The number of nitrogens with zero attached hydrogens (tertiary/aromatic N) is 3. The molecule has 0 amide bonds. The fraction of sp³-hybridized carbons (Fsp3) is 0.667. The Bertz CT molecular complexity index is 226. The van der Waals surface area contributed by atoms with Crippen LogP contribution in [-0.2, 0) is 0 Å². The zero-order chi connectivity index (χ0) is 7.68. The predicted octanol–water partition coefficient (Wildman–Crippen LogP) is 0.583. The van der Waals surface area contributed by atoms with Crippen molar-refractivity contribution < 1.29 is 5.21 Å². The lowest BCUT2D eigenvalue weighted by Gasteiger charge is -2.20. The first-order chi connectivity index (χ1) is 5.42. The Hall–Kier alpha value is -0.710. The van der Waals surface area contributed by atoms with Gasteiger partial charge in [0, 0.05) is 13.1 Å². The average Bonchev–Trinajstić information content (AvgIpc) is 2.47. The van der Waals surface area contributed by atoms with E-state index in [9.17, 15) is 0 Å². The molecule has 1 saturated heterocycles. The van der Waals surface area contributed by atoms with Gasteiger partial charge in [-0.15, -0.1) is 0 Å². The maximum absolute atomic E-state index is 8.58. The van der Waals surface area contributed by atoms with Crippen LogP contribution < -0.4 is 0 Å². The highest BCUT2D eigenvalue weighted by molar-refractivity contribution is 8.15. The van der Waals surface area contributed by atoms with Crippen molar-refractivity contribution in [3.05, 3.63) is 0 Å². The number of oxime groups is 1. The third-order valence-electron chi connectivity index (χ3n) is 1.78. The molecule has 2 rings (SSSR count). The third kappa shape index (κ3) is 1.09. The Morgan fingerprint density at radius 1 is 1.64 bits per heavy atom. The fourth-order valence-corrected chi connectivity index (χ4v) is 2.24. The minimum atomic E-state index is 0.744. The molecule has 4 nitrogen and oxygen atoms in total. The van der Waals surface area contributed by atoms with E-state index in [1.165, 1.54) is 0 Å². The molecular weight excluding hydrogens is 162 g/mol. The van der Waals surface area contributed by atoms with E-state index in [1.807, 2.05) is 4.90 Å². The molecular formula is C6H9N3OS. The van der Waals surface area contributed by atoms with Crippen molar-refractivity contribution in [2.45, 2.75) is 6.42 Å². The lowest BCUT2D eigenvalue weighted by molar-refractivity contribution is 0.310. The Morgan fingerprint density at radius 3 is 3.36 bits per heavy atom. The lowest BCUT2D eigenvalue weighted by Crippen LogP contribution is -2.33. The van der Waals surface area contributed by atoms with Gasteiger partial charge in [-0.1, -0.05) is 16.9 Å². The highest BCUT2D eigenvalue weighted by atomic mass is 32.2. The number of amidine groups is 2. The molecule has 2 heterocycles. The van der Waals surface area contributed by atoms with E-state index in [1.54, 1.807) is 11.8 Å². The number of hydrogen-bond acceptors (Lipinski definition) is 4. The van der Waals surface area contributed by atoms with Gasteiger partial charge in [0.2, 0.25) is 0 Å². The van der Waals surface area contributed by atoms with E-state index in [-0.39, 0.29) is 0 Å². The molecule has 5 heteroatoms. The molecule has 11 heavy (non-hydrogen) atoms. The van der Waals surface area contributed by atoms with Crippen LogP contribution in [0.5, 0.6) is 0 Å². The summed E-state index contributed by atoms with van der Waals surface area (Å²) in [5, 5.41) is 12.8. The minimum Gasteiger partial charge on any atom is -0.409 e. The van der Waals surface area contributed by atoms with E-state index in [4.69, 9.17) is 5.21 Å². The van der Waals surface area contributed by atoms with Crippen molar-refractivity contribution in [1.82, 2.24) is 4.90 Å². The summed E-state index contributed by atoms with van der Waals surface area (Å²) in [6, 6.07) is 0. The second-order valence-electron chi connectivity index (χ2n) is 2.47. The van der Waals surface area contributed by atoms with Crippen LogP contribution in [0, 0.1) is 0 Å². The van der Waals surface area contributed by atoms with Crippen LogP contribution in [0.15, 0.2) is 10.1 Å². The standard InChI is InChI=1S/C6H9N3OS/c10-8-5-4-11-6-7-2-1-3-9(5)6/h10H,1-4H2. The summed E-state index contributed by atoms with van der Waals surface area (Å²) >= 11 is 1.64. The first-order valence-corrected chi connectivity index (χ1v) is 4.56. The van der Waals surface area contributed by atoms with Crippen molar-refractivity contribution >= 4 is 22.8 Å². The van der Waals surface area contributed by atoms with E-state index >= 15 is 0 Å². The van der Waals surface area contributed by atoms with Gasteiger partial charge in [-0.05, 0) is 6.42 Å². The van der Waals surface area contributed by atoms with Gasteiger partial charge in [0.15, 0.2) is 11.0 Å². The van der Waals surface area contributed by atoms with Crippen LogP contribution in [0.4, 0.5) is 0 Å². The van der Waals surface area contributed by atoms with Gasteiger partial charge in [0.1, 0.15) is 0 Å². The van der Waals surface area contributed by atoms with Crippen LogP contribution in [0.25, 0.3) is 0 Å². The first-order valence-electron chi connectivity index (χ1n) is 3.57. The second-order valence-corrected chi connectivity index (χ2v) is 3.42. The van der Waals surface area contributed by atoms with Crippen LogP contribution in [-0.4, -0.2) is 40.0 Å². The van der Waals surface area contributed by atoms with Gasteiger partial charge >= 0.3 is 0 Å². The normalized spacial score (nSPS) is 27.1. The van der Waals surface area contributed by atoms with Gasteiger partial charge in [-0.2, -0.15) is 0 Å².